The molecule has 0 aliphatic carbocycles. The monoisotopic (exact) mass is 246 g/mol. The molecule has 0 atom stereocenters. The van der Waals surface area contributed by atoms with Crippen LogP contribution in [0.1, 0.15) is 30.3 Å². The molecule has 2 aromatic rings. The van der Waals surface area contributed by atoms with Crippen LogP contribution in [-0.4, -0.2) is 17.4 Å². The number of hydrogen-bond acceptors (Lipinski definition) is 2. The summed E-state index contributed by atoms with van der Waals surface area (Å²) in [7, 11) is 0. The lowest BCUT2D eigenvalue weighted by Crippen LogP contribution is -2.25. The molecule has 4 heteroatoms. The Morgan fingerprint density at radius 2 is 2.17 bits per heavy atom. The number of aromatic nitrogens is 1. The number of hydrogen-bond donors (Lipinski definition) is 1. The Kier molecular flexibility index (Phi) is 3.87. The van der Waals surface area contributed by atoms with Crippen molar-refractivity contribution < 1.29 is 9.18 Å². The number of benzene rings is 1. The Hall–Kier alpha value is -1.97. The molecule has 0 aliphatic heterocycles. The van der Waals surface area contributed by atoms with Crippen LogP contribution in [0.4, 0.5) is 4.39 Å². The number of rotatable bonds is 4. The molecule has 94 valence electrons. The number of amides is 1. The quantitative estimate of drug-likeness (QED) is 0.843. The highest BCUT2D eigenvalue weighted by Crippen LogP contribution is 2.14. The van der Waals surface area contributed by atoms with E-state index >= 15 is 0 Å². The van der Waals surface area contributed by atoms with E-state index in [9.17, 15) is 9.18 Å². The molecule has 18 heavy (non-hydrogen) atoms. The molecular weight excluding hydrogens is 231 g/mol. The molecule has 1 N–H and O–H groups in total. The Bertz CT molecular complexity index is 569. The zero-order valence-corrected chi connectivity index (χ0v) is 10.2. The molecule has 3 nitrogen and oxygen atoms in total. The van der Waals surface area contributed by atoms with Gasteiger partial charge in [0, 0.05) is 11.9 Å². The predicted molar refractivity (Wildman–Crippen MR) is 68.9 cm³/mol. The highest BCUT2D eigenvalue weighted by atomic mass is 19.1. The molecule has 2 rings (SSSR count). The van der Waals surface area contributed by atoms with Gasteiger partial charge in [-0.2, -0.15) is 0 Å². The largest absolute Gasteiger partial charge is 0.351 e. The van der Waals surface area contributed by atoms with E-state index in [1.165, 1.54) is 12.1 Å². The molecule has 0 saturated heterocycles. The fourth-order valence-electron chi connectivity index (χ4n) is 1.69. The predicted octanol–water partition coefficient (Wildman–Crippen LogP) is 2.90. The number of carbonyl (C=O) groups excluding carboxylic acids is 1. The number of nitrogens with zero attached hydrogens (tertiary/aromatic N) is 1. The van der Waals surface area contributed by atoms with Gasteiger partial charge in [0.25, 0.3) is 5.91 Å². The van der Waals surface area contributed by atoms with Gasteiger partial charge in [0.05, 0.1) is 5.52 Å². The van der Waals surface area contributed by atoms with E-state index < -0.39 is 0 Å². The summed E-state index contributed by atoms with van der Waals surface area (Å²) in [6.07, 6.45) is 1.98. The smallest absolute Gasteiger partial charge is 0.269 e. The highest BCUT2D eigenvalue weighted by Gasteiger charge is 2.07. The Morgan fingerprint density at radius 1 is 1.33 bits per heavy atom. The summed E-state index contributed by atoms with van der Waals surface area (Å²) < 4.78 is 13.0. The molecule has 0 aliphatic rings. The second-order valence-corrected chi connectivity index (χ2v) is 4.14. The van der Waals surface area contributed by atoms with Crippen LogP contribution in [0.5, 0.6) is 0 Å². The average Bonchev–Trinajstić information content (AvgIpc) is 2.38. The Morgan fingerprint density at radius 3 is 2.94 bits per heavy atom. The minimum absolute atomic E-state index is 0.185. The first-order chi connectivity index (χ1) is 8.70. The maximum atomic E-state index is 13.0. The Labute approximate surface area is 105 Å². The molecule has 0 unspecified atom stereocenters. The van der Waals surface area contributed by atoms with Crippen molar-refractivity contribution in [3.8, 4) is 0 Å². The van der Waals surface area contributed by atoms with Gasteiger partial charge in [-0.15, -0.1) is 0 Å². The zero-order valence-electron chi connectivity index (χ0n) is 10.2. The number of fused-ring (bicyclic) bond motifs is 1. The first-order valence-corrected chi connectivity index (χ1v) is 6.05. The number of carbonyl (C=O) groups is 1. The van der Waals surface area contributed by atoms with Crippen molar-refractivity contribution >= 4 is 16.8 Å². The van der Waals surface area contributed by atoms with E-state index in [0.717, 1.165) is 12.8 Å². The van der Waals surface area contributed by atoms with Gasteiger partial charge < -0.3 is 5.32 Å². The van der Waals surface area contributed by atoms with Crippen molar-refractivity contribution in [3.63, 3.8) is 0 Å². The maximum Gasteiger partial charge on any atom is 0.269 e. The zero-order chi connectivity index (χ0) is 13.0. The maximum absolute atomic E-state index is 13.0. The summed E-state index contributed by atoms with van der Waals surface area (Å²) in [4.78, 5) is 16.0. The van der Waals surface area contributed by atoms with E-state index in [4.69, 9.17) is 0 Å². The van der Waals surface area contributed by atoms with Crippen LogP contribution in [0.25, 0.3) is 10.9 Å². The van der Waals surface area contributed by atoms with Gasteiger partial charge in [0.15, 0.2) is 0 Å². The Balaban J connectivity index is 2.19. The third-order valence-corrected chi connectivity index (χ3v) is 2.70. The van der Waals surface area contributed by atoms with Gasteiger partial charge in [0.2, 0.25) is 0 Å². The van der Waals surface area contributed by atoms with Gasteiger partial charge in [-0.05, 0) is 30.7 Å². The summed E-state index contributed by atoms with van der Waals surface area (Å²) in [6.45, 7) is 2.72. The molecular formula is C14H15FN2O. The second-order valence-electron chi connectivity index (χ2n) is 4.14. The minimum Gasteiger partial charge on any atom is -0.351 e. The first kappa shape index (κ1) is 12.5. The van der Waals surface area contributed by atoms with E-state index in [1.807, 2.05) is 0 Å². The van der Waals surface area contributed by atoms with Crippen LogP contribution in [0.2, 0.25) is 0 Å². The SMILES string of the molecule is CCCCNC(=O)c1ccc2cc(F)ccc2n1. The summed E-state index contributed by atoms with van der Waals surface area (Å²) in [5, 5.41) is 3.49. The summed E-state index contributed by atoms with van der Waals surface area (Å²) in [5.74, 6) is -0.487. The van der Waals surface area contributed by atoms with E-state index in [2.05, 4.69) is 17.2 Å². The van der Waals surface area contributed by atoms with Crippen molar-refractivity contribution in [1.29, 1.82) is 0 Å². The lowest BCUT2D eigenvalue weighted by molar-refractivity contribution is 0.0948. The molecule has 0 radical (unpaired) electrons. The fraction of sp³-hybridized carbons (Fsp3) is 0.286. The summed E-state index contributed by atoms with van der Waals surface area (Å²) in [6, 6.07) is 7.64. The lowest BCUT2D eigenvalue weighted by atomic mass is 10.2. The van der Waals surface area contributed by atoms with E-state index in [-0.39, 0.29) is 11.7 Å². The molecule has 0 saturated carbocycles. The molecule has 1 aromatic carbocycles. The molecule has 1 amide bonds. The second kappa shape index (κ2) is 5.58. The van der Waals surface area contributed by atoms with Crippen LogP contribution < -0.4 is 5.32 Å². The topological polar surface area (TPSA) is 42.0 Å². The van der Waals surface area contributed by atoms with Crippen LogP contribution >= 0.6 is 0 Å². The number of nitrogens with one attached hydrogen (secondary N) is 1. The lowest BCUT2D eigenvalue weighted by Gasteiger charge is -2.04. The highest BCUT2D eigenvalue weighted by molar-refractivity contribution is 5.94. The number of pyridine rings is 1. The molecule has 0 bridgehead atoms. The van der Waals surface area contributed by atoms with Crippen LogP contribution in [-0.2, 0) is 0 Å². The van der Waals surface area contributed by atoms with Gasteiger partial charge in [-0.25, -0.2) is 9.37 Å². The van der Waals surface area contributed by atoms with Crippen molar-refractivity contribution in [1.82, 2.24) is 10.3 Å². The molecule has 1 aromatic heterocycles. The normalized spacial score (nSPS) is 10.6. The van der Waals surface area contributed by atoms with Crippen LogP contribution in [0, 0.1) is 5.82 Å². The van der Waals surface area contributed by atoms with Gasteiger partial charge in [-0.1, -0.05) is 19.4 Å². The van der Waals surface area contributed by atoms with Crippen LogP contribution in [0.3, 0.4) is 0 Å². The minimum atomic E-state index is -0.301. The molecule has 1 heterocycles. The standard InChI is InChI=1S/C14H15FN2O/c1-2-3-8-16-14(18)13-6-4-10-9-11(15)5-7-12(10)17-13/h4-7,9H,2-3,8H2,1H3,(H,16,18). The van der Waals surface area contributed by atoms with Crippen molar-refractivity contribution in [3.05, 3.63) is 41.8 Å². The van der Waals surface area contributed by atoms with Gasteiger partial charge in [-0.3, -0.25) is 4.79 Å². The fourth-order valence-corrected chi connectivity index (χ4v) is 1.69. The van der Waals surface area contributed by atoms with Crippen molar-refractivity contribution in [2.45, 2.75) is 19.8 Å². The third-order valence-electron chi connectivity index (χ3n) is 2.70. The molecule has 0 fully saturated rings. The van der Waals surface area contributed by atoms with E-state index in [1.54, 1.807) is 18.2 Å². The molecule has 0 spiro atoms. The van der Waals surface area contributed by atoms with E-state index in [0.29, 0.717) is 23.1 Å². The summed E-state index contributed by atoms with van der Waals surface area (Å²) in [5.41, 5.74) is 0.991. The van der Waals surface area contributed by atoms with Crippen molar-refractivity contribution in [2.24, 2.45) is 0 Å². The number of unbranched alkanes of at least 4 members (excludes halogenated alkanes) is 1. The first-order valence-electron chi connectivity index (χ1n) is 6.05. The van der Waals surface area contributed by atoms with Gasteiger partial charge in [0.1, 0.15) is 11.5 Å². The van der Waals surface area contributed by atoms with Crippen molar-refractivity contribution in [2.75, 3.05) is 6.54 Å². The number of halogens is 1. The third kappa shape index (κ3) is 2.83. The summed E-state index contributed by atoms with van der Waals surface area (Å²) >= 11 is 0. The van der Waals surface area contributed by atoms with Crippen LogP contribution in [0.15, 0.2) is 30.3 Å². The van der Waals surface area contributed by atoms with Gasteiger partial charge >= 0.3 is 0 Å². The average molecular weight is 246 g/mol.